The molecule has 1 heterocycles. The summed E-state index contributed by atoms with van der Waals surface area (Å²) in [6.07, 6.45) is -3.97. The number of hydrogen-bond acceptors (Lipinski definition) is 3. The number of nitrogens with zero attached hydrogens (tertiary/aromatic N) is 1. The third-order valence-corrected chi connectivity index (χ3v) is 3.91. The molecule has 1 aromatic heterocycles. The highest BCUT2D eigenvalue weighted by Gasteiger charge is 2.34. The number of carbonyl (C=O) groups excluding carboxylic acids is 1. The smallest absolute Gasteiger partial charge is 0.406 e. The second-order valence-electron chi connectivity index (χ2n) is 4.24. The molecule has 0 atom stereocenters. The average molecular weight is 309 g/mol. The van der Waals surface area contributed by atoms with Crippen molar-refractivity contribution in [2.75, 3.05) is 13.1 Å². The van der Waals surface area contributed by atoms with Crippen molar-refractivity contribution >= 4 is 23.2 Å². The summed E-state index contributed by atoms with van der Waals surface area (Å²) in [7, 11) is 0. The minimum Gasteiger partial charge on any atom is -0.480 e. The predicted molar refractivity (Wildman–Crippen MR) is 68.0 cm³/mol. The minimum atomic E-state index is -4.63. The van der Waals surface area contributed by atoms with Gasteiger partial charge in [0.05, 0.1) is 4.88 Å². The molecule has 4 nitrogen and oxygen atoms in total. The molecule has 0 bridgehead atoms. The first-order chi connectivity index (χ1) is 9.14. The molecule has 1 amide bonds. The van der Waals surface area contributed by atoms with Crippen molar-refractivity contribution in [2.45, 2.75) is 26.4 Å². The van der Waals surface area contributed by atoms with Crippen LogP contribution in [0.4, 0.5) is 13.2 Å². The molecule has 0 aliphatic rings. The van der Waals surface area contributed by atoms with Crippen molar-refractivity contribution in [1.29, 1.82) is 0 Å². The molecule has 8 heteroatoms. The topological polar surface area (TPSA) is 57.6 Å². The van der Waals surface area contributed by atoms with Crippen LogP contribution in [0.5, 0.6) is 0 Å². The number of hydrogen-bond donors (Lipinski definition) is 1. The summed E-state index contributed by atoms with van der Waals surface area (Å²) in [5, 5.41) is 8.62. The number of aliphatic carboxylic acids is 1. The van der Waals surface area contributed by atoms with Crippen LogP contribution in [0.25, 0.3) is 0 Å². The number of halogens is 3. The Balaban J connectivity index is 2.99. The highest BCUT2D eigenvalue weighted by Crippen LogP contribution is 2.25. The molecule has 1 rings (SSSR count). The van der Waals surface area contributed by atoms with E-state index in [1.54, 1.807) is 6.92 Å². The molecule has 0 aromatic carbocycles. The fraction of sp³-hybridized carbons (Fsp3) is 0.500. The van der Waals surface area contributed by atoms with Gasteiger partial charge in [0, 0.05) is 4.88 Å². The van der Waals surface area contributed by atoms with Crippen LogP contribution in [0.2, 0.25) is 0 Å². The molecule has 0 unspecified atom stereocenters. The molecule has 0 spiro atoms. The van der Waals surface area contributed by atoms with Gasteiger partial charge in [0.1, 0.15) is 13.1 Å². The van der Waals surface area contributed by atoms with Gasteiger partial charge in [-0.3, -0.25) is 9.59 Å². The minimum absolute atomic E-state index is 0.129. The zero-order chi connectivity index (χ0) is 15.5. The summed E-state index contributed by atoms with van der Waals surface area (Å²) in [4.78, 5) is 23.9. The molecule has 0 aliphatic heterocycles. The van der Waals surface area contributed by atoms with Crippen LogP contribution >= 0.6 is 11.3 Å². The Kier molecular flexibility index (Phi) is 5.15. The van der Waals surface area contributed by atoms with E-state index in [4.69, 9.17) is 5.11 Å². The second-order valence-corrected chi connectivity index (χ2v) is 5.38. The lowest BCUT2D eigenvalue weighted by atomic mass is 10.2. The number of amides is 1. The van der Waals surface area contributed by atoms with E-state index in [1.807, 2.05) is 6.92 Å². The third-order valence-electron chi connectivity index (χ3n) is 2.54. The fourth-order valence-electron chi connectivity index (χ4n) is 1.71. The molecular weight excluding hydrogens is 295 g/mol. The number of aryl methyl sites for hydroxylation is 2. The van der Waals surface area contributed by atoms with Crippen molar-refractivity contribution in [3.05, 3.63) is 21.4 Å². The van der Waals surface area contributed by atoms with Gasteiger partial charge in [-0.15, -0.1) is 11.3 Å². The summed E-state index contributed by atoms with van der Waals surface area (Å²) in [5.74, 6) is -2.39. The Hall–Kier alpha value is -1.57. The average Bonchev–Trinajstić information content (AvgIpc) is 2.66. The van der Waals surface area contributed by atoms with E-state index in [2.05, 4.69) is 0 Å². The second kappa shape index (κ2) is 6.25. The number of carbonyl (C=O) groups is 2. The van der Waals surface area contributed by atoms with Crippen molar-refractivity contribution in [2.24, 2.45) is 0 Å². The van der Waals surface area contributed by atoms with E-state index in [-0.39, 0.29) is 4.88 Å². The van der Waals surface area contributed by atoms with E-state index < -0.39 is 31.1 Å². The SMILES string of the molecule is CCc1sc(C(=O)N(CC(=O)O)CC(F)(F)F)cc1C. The maximum absolute atomic E-state index is 12.4. The first-order valence-electron chi connectivity index (χ1n) is 5.81. The van der Waals surface area contributed by atoms with E-state index in [9.17, 15) is 22.8 Å². The van der Waals surface area contributed by atoms with Gasteiger partial charge in [0.15, 0.2) is 0 Å². The predicted octanol–water partition coefficient (Wildman–Crippen LogP) is 2.71. The molecule has 112 valence electrons. The van der Waals surface area contributed by atoms with Crippen molar-refractivity contribution in [3.8, 4) is 0 Å². The Morgan fingerprint density at radius 1 is 1.40 bits per heavy atom. The number of rotatable bonds is 5. The molecule has 1 N–H and O–H groups in total. The van der Waals surface area contributed by atoms with Crippen LogP contribution in [0.1, 0.15) is 27.0 Å². The molecule has 20 heavy (non-hydrogen) atoms. The van der Waals surface area contributed by atoms with E-state index in [0.29, 0.717) is 11.3 Å². The molecule has 0 aliphatic carbocycles. The van der Waals surface area contributed by atoms with Crippen LogP contribution in [0.3, 0.4) is 0 Å². The summed E-state index contributed by atoms with van der Waals surface area (Å²) >= 11 is 1.10. The van der Waals surface area contributed by atoms with E-state index in [1.165, 1.54) is 6.07 Å². The maximum atomic E-state index is 12.4. The number of alkyl halides is 3. The molecule has 0 saturated carbocycles. The van der Waals surface area contributed by atoms with E-state index in [0.717, 1.165) is 21.8 Å². The van der Waals surface area contributed by atoms with Gasteiger partial charge in [-0.25, -0.2) is 0 Å². The fourth-order valence-corrected chi connectivity index (χ4v) is 2.79. The monoisotopic (exact) mass is 309 g/mol. The summed E-state index contributed by atoms with van der Waals surface area (Å²) in [6, 6.07) is 1.50. The first kappa shape index (κ1) is 16.5. The van der Waals surface area contributed by atoms with Crippen LogP contribution < -0.4 is 0 Å². The van der Waals surface area contributed by atoms with Gasteiger partial charge in [-0.05, 0) is 25.0 Å². The lowest BCUT2D eigenvalue weighted by molar-refractivity contribution is -0.149. The van der Waals surface area contributed by atoms with Crippen LogP contribution in [-0.2, 0) is 11.2 Å². The largest absolute Gasteiger partial charge is 0.480 e. The zero-order valence-corrected chi connectivity index (χ0v) is 11.8. The Morgan fingerprint density at radius 2 is 2.00 bits per heavy atom. The Bertz CT molecular complexity index is 511. The number of carboxylic acids is 1. The number of thiophene rings is 1. The molecule has 0 fully saturated rings. The van der Waals surface area contributed by atoms with Crippen molar-refractivity contribution < 1.29 is 27.9 Å². The third kappa shape index (κ3) is 4.52. The van der Waals surface area contributed by atoms with Gasteiger partial charge in [-0.2, -0.15) is 13.2 Å². The lowest BCUT2D eigenvalue weighted by Gasteiger charge is -2.21. The zero-order valence-electron chi connectivity index (χ0n) is 11.0. The molecule has 0 saturated heterocycles. The van der Waals surface area contributed by atoms with E-state index >= 15 is 0 Å². The molecular formula is C12H14F3NO3S. The van der Waals surface area contributed by atoms with Gasteiger partial charge in [0.2, 0.25) is 0 Å². The van der Waals surface area contributed by atoms with Gasteiger partial charge < -0.3 is 10.0 Å². The van der Waals surface area contributed by atoms with Gasteiger partial charge >= 0.3 is 12.1 Å². The quantitative estimate of drug-likeness (QED) is 0.910. The highest BCUT2D eigenvalue weighted by molar-refractivity contribution is 7.14. The maximum Gasteiger partial charge on any atom is 0.406 e. The van der Waals surface area contributed by atoms with Crippen molar-refractivity contribution in [3.63, 3.8) is 0 Å². The van der Waals surface area contributed by atoms with Crippen molar-refractivity contribution in [1.82, 2.24) is 4.90 Å². The van der Waals surface area contributed by atoms with Crippen LogP contribution in [0, 0.1) is 6.92 Å². The van der Waals surface area contributed by atoms with Crippen LogP contribution in [-0.4, -0.2) is 41.1 Å². The molecule has 0 radical (unpaired) electrons. The summed E-state index contributed by atoms with van der Waals surface area (Å²) in [6.45, 7) is 1.09. The van der Waals surface area contributed by atoms with Gasteiger partial charge in [-0.1, -0.05) is 6.92 Å². The highest BCUT2D eigenvalue weighted by atomic mass is 32.1. The van der Waals surface area contributed by atoms with Crippen LogP contribution in [0.15, 0.2) is 6.07 Å². The lowest BCUT2D eigenvalue weighted by Crippen LogP contribution is -2.41. The summed E-state index contributed by atoms with van der Waals surface area (Å²) in [5.41, 5.74) is 0.822. The Morgan fingerprint density at radius 3 is 2.40 bits per heavy atom. The van der Waals surface area contributed by atoms with Gasteiger partial charge in [0.25, 0.3) is 5.91 Å². The summed E-state index contributed by atoms with van der Waals surface area (Å²) < 4.78 is 37.2. The standard InChI is InChI=1S/C12H14F3NO3S/c1-3-8-7(2)4-9(20-8)11(19)16(5-10(17)18)6-12(13,14)15/h4H,3,5-6H2,1-2H3,(H,17,18). The molecule has 1 aromatic rings. The Labute approximate surface area is 117 Å². The number of carboxylic acid groups (broad SMARTS) is 1. The first-order valence-corrected chi connectivity index (χ1v) is 6.62. The normalized spacial score (nSPS) is 11.4.